The molecule has 0 aromatic heterocycles. The van der Waals surface area contributed by atoms with Crippen LogP contribution in [0.25, 0.3) is 0 Å². The molecule has 0 fully saturated rings. The molecule has 2 heteroatoms. The Morgan fingerprint density at radius 3 is 2.81 bits per heavy atom. The summed E-state index contributed by atoms with van der Waals surface area (Å²) >= 11 is 0. The van der Waals surface area contributed by atoms with Crippen molar-refractivity contribution in [1.82, 2.24) is 4.90 Å². The van der Waals surface area contributed by atoms with Crippen LogP contribution in [-0.4, -0.2) is 11.4 Å². The van der Waals surface area contributed by atoms with Gasteiger partial charge < -0.3 is 5.73 Å². The van der Waals surface area contributed by atoms with Crippen molar-refractivity contribution in [1.29, 1.82) is 0 Å². The van der Waals surface area contributed by atoms with Gasteiger partial charge in [0.1, 0.15) is 0 Å². The van der Waals surface area contributed by atoms with Crippen molar-refractivity contribution in [2.24, 2.45) is 0 Å². The number of rotatable bonds is 2. The van der Waals surface area contributed by atoms with Gasteiger partial charge in [-0.15, -0.1) is 0 Å². The average Bonchev–Trinajstić information content (AvgIpc) is 2.96. The van der Waals surface area contributed by atoms with E-state index >= 15 is 0 Å². The van der Waals surface area contributed by atoms with Crippen molar-refractivity contribution < 1.29 is 0 Å². The molecule has 0 radical (unpaired) electrons. The first-order valence-electron chi connectivity index (χ1n) is 7.99. The summed E-state index contributed by atoms with van der Waals surface area (Å²) in [5, 5.41) is 0. The number of nitrogens with two attached hydrogens (primary N) is 1. The van der Waals surface area contributed by atoms with Crippen LogP contribution in [0.5, 0.6) is 0 Å². The third kappa shape index (κ3) is 2.44. The molecule has 0 amide bonds. The van der Waals surface area contributed by atoms with Crippen LogP contribution in [0.3, 0.4) is 0 Å². The van der Waals surface area contributed by atoms with Gasteiger partial charge in [-0.1, -0.05) is 30.3 Å². The van der Waals surface area contributed by atoms with E-state index in [1.807, 2.05) is 6.07 Å². The minimum absolute atomic E-state index is 0.950. The van der Waals surface area contributed by atoms with Crippen LogP contribution in [0.2, 0.25) is 0 Å². The van der Waals surface area contributed by atoms with Crippen LogP contribution in [0, 0.1) is 0 Å². The van der Waals surface area contributed by atoms with Crippen molar-refractivity contribution in [2.75, 3.05) is 12.3 Å². The van der Waals surface area contributed by atoms with Crippen LogP contribution >= 0.6 is 0 Å². The number of nitrogens with zero attached hydrogens (tertiary/aromatic N) is 1. The molecule has 2 nitrogen and oxygen atoms in total. The predicted octanol–water partition coefficient (Wildman–Crippen LogP) is 3.32. The van der Waals surface area contributed by atoms with E-state index in [0.29, 0.717) is 0 Å². The Balaban J connectivity index is 1.53. The van der Waals surface area contributed by atoms with Gasteiger partial charge in [-0.2, -0.15) is 0 Å². The number of aryl methyl sites for hydroxylation is 2. The van der Waals surface area contributed by atoms with E-state index in [0.717, 1.165) is 31.7 Å². The van der Waals surface area contributed by atoms with E-state index in [-0.39, 0.29) is 0 Å². The zero-order valence-corrected chi connectivity index (χ0v) is 12.4. The van der Waals surface area contributed by atoms with E-state index < -0.39 is 0 Å². The third-order valence-corrected chi connectivity index (χ3v) is 4.96. The summed E-state index contributed by atoms with van der Waals surface area (Å²) in [6.07, 6.45) is 4.97. The molecule has 2 aromatic rings. The van der Waals surface area contributed by atoms with Gasteiger partial charge in [-0.05, 0) is 59.6 Å². The Morgan fingerprint density at radius 1 is 0.952 bits per heavy atom. The Kier molecular flexibility index (Phi) is 3.19. The maximum Gasteiger partial charge on any atom is 0.0362 e. The highest BCUT2D eigenvalue weighted by Crippen LogP contribution is 2.27. The fourth-order valence-electron chi connectivity index (χ4n) is 3.78. The van der Waals surface area contributed by atoms with Gasteiger partial charge in [0.05, 0.1) is 0 Å². The molecule has 1 aliphatic heterocycles. The monoisotopic (exact) mass is 278 g/mol. The molecule has 0 atom stereocenters. The first kappa shape index (κ1) is 12.9. The summed E-state index contributed by atoms with van der Waals surface area (Å²) in [4.78, 5) is 2.52. The number of hydrogen-bond donors (Lipinski definition) is 1. The SMILES string of the molecule is Nc1cccc2c1CN(Cc1ccc3c(c1)CCC3)CC2. The summed E-state index contributed by atoms with van der Waals surface area (Å²) in [6.45, 7) is 3.16. The minimum atomic E-state index is 0.950. The van der Waals surface area contributed by atoms with Crippen LogP contribution in [0.1, 0.15) is 34.2 Å². The number of hydrogen-bond acceptors (Lipinski definition) is 2. The lowest BCUT2D eigenvalue weighted by Gasteiger charge is -2.29. The Morgan fingerprint density at radius 2 is 1.86 bits per heavy atom. The van der Waals surface area contributed by atoms with E-state index in [4.69, 9.17) is 5.73 Å². The molecule has 0 spiro atoms. The highest BCUT2D eigenvalue weighted by molar-refractivity contribution is 5.51. The van der Waals surface area contributed by atoms with Crippen LogP contribution < -0.4 is 5.73 Å². The fourth-order valence-corrected chi connectivity index (χ4v) is 3.78. The summed E-state index contributed by atoms with van der Waals surface area (Å²) in [6, 6.07) is 13.4. The number of benzene rings is 2. The minimum Gasteiger partial charge on any atom is -0.398 e. The lowest BCUT2D eigenvalue weighted by Crippen LogP contribution is -2.30. The number of anilines is 1. The molecule has 0 saturated carbocycles. The topological polar surface area (TPSA) is 29.3 Å². The molecule has 4 rings (SSSR count). The number of nitrogen functional groups attached to an aromatic ring is 1. The molecule has 108 valence electrons. The number of fused-ring (bicyclic) bond motifs is 2. The lowest BCUT2D eigenvalue weighted by atomic mass is 9.97. The maximum atomic E-state index is 6.14. The van der Waals surface area contributed by atoms with Crippen LogP contribution in [0.15, 0.2) is 36.4 Å². The molecular formula is C19H22N2. The van der Waals surface area contributed by atoms with Crippen LogP contribution in [-0.2, 0) is 32.4 Å². The lowest BCUT2D eigenvalue weighted by molar-refractivity contribution is 0.246. The van der Waals surface area contributed by atoms with Crippen LogP contribution in [0.4, 0.5) is 5.69 Å². The van der Waals surface area contributed by atoms with E-state index in [2.05, 4.69) is 35.2 Å². The third-order valence-electron chi connectivity index (χ3n) is 4.96. The molecular weight excluding hydrogens is 256 g/mol. The Labute approximate surface area is 126 Å². The zero-order chi connectivity index (χ0) is 14.2. The fraction of sp³-hybridized carbons (Fsp3) is 0.368. The smallest absolute Gasteiger partial charge is 0.0362 e. The summed E-state index contributed by atoms with van der Waals surface area (Å²) in [5.74, 6) is 0. The maximum absolute atomic E-state index is 6.14. The van der Waals surface area contributed by atoms with Gasteiger partial charge in [-0.25, -0.2) is 0 Å². The van der Waals surface area contributed by atoms with Crippen molar-refractivity contribution in [3.05, 3.63) is 64.2 Å². The van der Waals surface area contributed by atoms with E-state index in [1.54, 1.807) is 11.1 Å². The van der Waals surface area contributed by atoms with Gasteiger partial charge >= 0.3 is 0 Å². The Hall–Kier alpha value is -1.80. The summed E-state index contributed by atoms with van der Waals surface area (Å²) in [7, 11) is 0. The zero-order valence-electron chi connectivity index (χ0n) is 12.4. The predicted molar refractivity (Wildman–Crippen MR) is 87.1 cm³/mol. The van der Waals surface area contributed by atoms with Gasteiger partial charge in [0.25, 0.3) is 0 Å². The van der Waals surface area contributed by atoms with Crippen molar-refractivity contribution in [2.45, 2.75) is 38.8 Å². The standard InChI is InChI=1S/C19H22N2/c20-19-6-2-4-16-9-10-21(13-18(16)19)12-14-7-8-15-3-1-5-17(15)11-14/h2,4,6-8,11H,1,3,5,9-10,12-13,20H2. The summed E-state index contributed by atoms with van der Waals surface area (Å²) < 4.78 is 0. The quantitative estimate of drug-likeness (QED) is 0.854. The molecule has 1 aliphatic carbocycles. The van der Waals surface area contributed by atoms with Gasteiger partial charge in [-0.3, -0.25) is 4.90 Å². The van der Waals surface area contributed by atoms with Gasteiger partial charge in [0, 0.05) is 25.3 Å². The van der Waals surface area contributed by atoms with E-state index in [9.17, 15) is 0 Å². The molecule has 1 heterocycles. The van der Waals surface area contributed by atoms with Crippen molar-refractivity contribution >= 4 is 5.69 Å². The Bertz CT molecular complexity index is 675. The second kappa shape index (κ2) is 5.19. The summed E-state index contributed by atoms with van der Waals surface area (Å²) in [5.41, 5.74) is 14.5. The van der Waals surface area contributed by atoms with Crippen molar-refractivity contribution in [3.63, 3.8) is 0 Å². The van der Waals surface area contributed by atoms with Crippen molar-refractivity contribution in [3.8, 4) is 0 Å². The normalized spacial score (nSPS) is 17.5. The molecule has 21 heavy (non-hydrogen) atoms. The highest BCUT2D eigenvalue weighted by Gasteiger charge is 2.19. The first-order chi connectivity index (χ1) is 10.3. The molecule has 2 N–H and O–H groups in total. The molecule has 0 bridgehead atoms. The second-order valence-corrected chi connectivity index (χ2v) is 6.40. The van der Waals surface area contributed by atoms with Gasteiger partial charge in [0.15, 0.2) is 0 Å². The molecule has 2 aromatic carbocycles. The van der Waals surface area contributed by atoms with Gasteiger partial charge in [0.2, 0.25) is 0 Å². The first-order valence-corrected chi connectivity index (χ1v) is 7.99. The molecule has 2 aliphatic rings. The molecule has 0 unspecified atom stereocenters. The highest BCUT2D eigenvalue weighted by atomic mass is 15.1. The van der Waals surface area contributed by atoms with E-state index in [1.165, 1.54) is 36.0 Å². The molecule has 0 saturated heterocycles. The largest absolute Gasteiger partial charge is 0.398 e. The average molecular weight is 278 g/mol. The second-order valence-electron chi connectivity index (χ2n) is 6.40.